The first-order chi connectivity index (χ1) is 11.6. The average molecular weight is 352 g/mol. The molecule has 128 valence electrons. The van der Waals surface area contributed by atoms with Gasteiger partial charge in [0.1, 0.15) is 30.2 Å². The Hall–Kier alpha value is -1.92. The number of rotatable bonds is 3. The van der Waals surface area contributed by atoms with Gasteiger partial charge in [0, 0.05) is 14.2 Å². The van der Waals surface area contributed by atoms with Gasteiger partial charge in [0.2, 0.25) is 5.78 Å². The summed E-state index contributed by atoms with van der Waals surface area (Å²) in [7, 11) is 3.29. The molecule has 1 fully saturated rings. The van der Waals surface area contributed by atoms with E-state index in [2.05, 4.69) is 15.1 Å². The molecule has 10 nitrogen and oxygen atoms in total. The standard InChI is InChI=1S/C13H16N6O4S/c1-17-5-15-19-12(24)7-10(16-13(17)19)18(4-14-7)11-9(22-2)8(21)6(3-20)23-11/h4-6,8-9,11,20-21H,3H2,1-2H3/t6-,8-,9-,11-/m1/s1. The summed E-state index contributed by atoms with van der Waals surface area (Å²) in [4.78, 5) is 8.88. The number of nitrogens with zero attached hydrogens (tertiary/aromatic N) is 6. The Labute approximate surface area is 140 Å². The minimum absolute atomic E-state index is 0.314. The fraction of sp³-hybridized carbons (Fsp3) is 0.538. The second-order valence-electron chi connectivity index (χ2n) is 5.63. The Balaban J connectivity index is 1.91. The monoisotopic (exact) mass is 352 g/mol. The molecule has 0 aliphatic carbocycles. The fourth-order valence-electron chi connectivity index (χ4n) is 3.00. The minimum atomic E-state index is -0.958. The maximum absolute atomic E-state index is 10.2. The largest absolute Gasteiger partial charge is 0.394 e. The number of methoxy groups -OCH3 is 1. The molecule has 1 saturated heterocycles. The van der Waals surface area contributed by atoms with Crippen LogP contribution in [0, 0.1) is 4.64 Å². The molecule has 4 heterocycles. The number of hydrogen-bond acceptors (Lipinski definition) is 8. The van der Waals surface area contributed by atoms with Crippen LogP contribution in [0.15, 0.2) is 12.7 Å². The van der Waals surface area contributed by atoms with E-state index in [9.17, 15) is 10.2 Å². The van der Waals surface area contributed by atoms with E-state index in [1.54, 1.807) is 15.5 Å². The van der Waals surface area contributed by atoms with E-state index < -0.39 is 24.5 Å². The van der Waals surface area contributed by atoms with Gasteiger partial charge in [-0.15, -0.1) is 0 Å². The van der Waals surface area contributed by atoms with E-state index in [1.165, 1.54) is 18.0 Å². The highest BCUT2D eigenvalue weighted by Crippen LogP contribution is 2.33. The third-order valence-corrected chi connectivity index (χ3v) is 4.62. The molecule has 11 heteroatoms. The number of fused-ring (bicyclic) bond motifs is 2. The highest BCUT2D eigenvalue weighted by atomic mass is 32.1. The van der Waals surface area contributed by atoms with Crippen molar-refractivity contribution in [2.75, 3.05) is 13.7 Å². The third-order valence-electron chi connectivity index (χ3n) is 4.25. The molecule has 0 saturated carbocycles. The summed E-state index contributed by atoms with van der Waals surface area (Å²) in [6.07, 6.45) is 0.109. The fourth-order valence-corrected chi connectivity index (χ4v) is 3.27. The zero-order valence-electron chi connectivity index (χ0n) is 13.0. The van der Waals surface area contributed by atoms with Gasteiger partial charge in [-0.3, -0.25) is 4.57 Å². The van der Waals surface area contributed by atoms with E-state index in [0.717, 1.165) is 0 Å². The molecule has 0 bridgehead atoms. The molecule has 0 aromatic carbocycles. The van der Waals surface area contributed by atoms with Crippen LogP contribution in [0.2, 0.25) is 0 Å². The lowest BCUT2D eigenvalue weighted by atomic mass is 10.1. The number of ether oxygens (including phenoxy) is 2. The summed E-state index contributed by atoms with van der Waals surface area (Å²) in [6.45, 7) is -0.314. The molecule has 24 heavy (non-hydrogen) atoms. The number of aliphatic hydroxyl groups is 2. The first-order valence-electron chi connectivity index (χ1n) is 7.31. The number of aryl methyl sites for hydroxylation is 1. The van der Waals surface area contributed by atoms with E-state index >= 15 is 0 Å². The van der Waals surface area contributed by atoms with Gasteiger partial charge in [-0.1, -0.05) is 12.2 Å². The summed E-state index contributed by atoms with van der Waals surface area (Å²) in [5, 5.41) is 23.8. The first-order valence-corrected chi connectivity index (χ1v) is 7.71. The lowest BCUT2D eigenvalue weighted by Crippen LogP contribution is -2.34. The molecule has 0 spiro atoms. The highest BCUT2D eigenvalue weighted by molar-refractivity contribution is 7.71. The van der Waals surface area contributed by atoms with Gasteiger partial charge in [0.25, 0.3) is 0 Å². The molecule has 2 N–H and O–H groups in total. The van der Waals surface area contributed by atoms with Crippen LogP contribution in [0.1, 0.15) is 6.23 Å². The van der Waals surface area contributed by atoms with Crippen molar-refractivity contribution in [1.82, 2.24) is 28.7 Å². The summed E-state index contributed by atoms with van der Waals surface area (Å²) < 4.78 is 16.5. The normalized spacial score (nSPS) is 27.5. The second kappa shape index (κ2) is 5.57. The molecule has 4 atom stereocenters. The van der Waals surface area contributed by atoms with Gasteiger partial charge in [-0.2, -0.15) is 14.6 Å². The van der Waals surface area contributed by atoms with Crippen LogP contribution in [-0.2, 0) is 16.5 Å². The number of hydrogen-bond donors (Lipinski definition) is 2. The van der Waals surface area contributed by atoms with Gasteiger partial charge < -0.3 is 24.3 Å². The lowest BCUT2D eigenvalue weighted by molar-refractivity contribution is -0.0583. The SMILES string of the molecule is CO[C@@H]1[C@H](O)[C@@H](CO)O[C@H]1n1cnc2c(=S)n3ncn(C)c3nc21. The molecule has 0 amide bonds. The Bertz CT molecular complexity index is 965. The molecular formula is C13H16N6O4S. The van der Waals surface area contributed by atoms with Crippen LogP contribution in [0.5, 0.6) is 0 Å². The van der Waals surface area contributed by atoms with Crippen molar-refractivity contribution in [2.45, 2.75) is 24.5 Å². The maximum atomic E-state index is 10.2. The van der Waals surface area contributed by atoms with Crippen molar-refractivity contribution in [2.24, 2.45) is 7.05 Å². The van der Waals surface area contributed by atoms with Gasteiger partial charge in [-0.25, -0.2) is 4.98 Å². The van der Waals surface area contributed by atoms with Crippen LogP contribution < -0.4 is 0 Å². The van der Waals surface area contributed by atoms with Crippen molar-refractivity contribution in [3.63, 3.8) is 0 Å². The Morgan fingerprint density at radius 2 is 2.21 bits per heavy atom. The molecular weight excluding hydrogens is 336 g/mol. The van der Waals surface area contributed by atoms with E-state index in [-0.39, 0.29) is 6.61 Å². The zero-order valence-corrected chi connectivity index (χ0v) is 13.8. The van der Waals surface area contributed by atoms with Gasteiger partial charge >= 0.3 is 0 Å². The smallest absolute Gasteiger partial charge is 0.235 e. The quantitative estimate of drug-likeness (QED) is 0.602. The third kappa shape index (κ3) is 2.03. The predicted molar refractivity (Wildman–Crippen MR) is 83.9 cm³/mol. The van der Waals surface area contributed by atoms with Gasteiger partial charge in [0.15, 0.2) is 16.5 Å². The van der Waals surface area contributed by atoms with Crippen LogP contribution in [0.25, 0.3) is 16.9 Å². The predicted octanol–water partition coefficient (Wildman–Crippen LogP) is -0.587. The molecule has 4 rings (SSSR count). The van der Waals surface area contributed by atoms with Crippen LogP contribution in [-0.4, -0.2) is 71.0 Å². The molecule has 1 aliphatic heterocycles. The maximum Gasteiger partial charge on any atom is 0.235 e. The van der Waals surface area contributed by atoms with Gasteiger partial charge in [-0.05, 0) is 0 Å². The summed E-state index contributed by atoms with van der Waals surface area (Å²) in [5.74, 6) is 0.556. The molecule has 0 unspecified atom stereocenters. The topological polar surface area (TPSA) is 112 Å². The summed E-state index contributed by atoms with van der Waals surface area (Å²) in [5.41, 5.74) is 1.00. The Kier molecular flexibility index (Phi) is 3.62. The second-order valence-corrected chi connectivity index (χ2v) is 6.02. The number of imidazole rings is 1. The molecule has 3 aromatic rings. The van der Waals surface area contributed by atoms with E-state index in [4.69, 9.17) is 21.7 Å². The number of aromatic nitrogens is 6. The number of aliphatic hydroxyl groups excluding tert-OH is 2. The van der Waals surface area contributed by atoms with Crippen molar-refractivity contribution < 1.29 is 19.7 Å². The van der Waals surface area contributed by atoms with Crippen molar-refractivity contribution >= 4 is 29.2 Å². The molecule has 1 aliphatic rings. The Morgan fingerprint density at radius 3 is 2.92 bits per heavy atom. The first kappa shape index (κ1) is 15.6. The zero-order chi connectivity index (χ0) is 17.0. The van der Waals surface area contributed by atoms with Crippen molar-refractivity contribution in [1.29, 1.82) is 0 Å². The van der Waals surface area contributed by atoms with Crippen LogP contribution in [0.3, 0.4) is 0 Å². The van der Waals surface area contributed by atoms with Crippen LogP contribution >= 0.6 is 12.2 Å². The lowest BCUT2D eigenvalue weighted by Gasteiger charge is -2.19. The van der Waals surface area contributed by atoms with Gasteiger partial charge in [0.05, 0.1) is 12.9 Å². The average Bonchev–Trinajstić information content (AvgIpc) is 3.24. The Morgan fingerprint density at radius 1 is 1.42 bits per heavy atom. The van der Waals surface area contributed by atoms with Crippen LogP contribution in [0.4, 0.5) is 0 Å². The van der Waals surface area contributed by atoms with Crippen molar-refractivity contribution in [3.8, 4) is 0 Å². The highest BCUT2D eigenvalue weighted by Gasteiger charge is 2.45. The summed E-state index contributed by atoms with van der Waals surface area (Å²) >= 11 is 5.43. The minimum Gasteiger partial charge on any atom is -0.394 e. The van der Waals surface area contributed by atoms with Crippen molar-refractivity contribution in [3.05, 3.63) is 17.3 Å². The summed E-state index contributed by atoms with van der Waals surface area (Å²) in [6, 6.07) is 0. The van der Waals surface area contributed by atoms with E-state index in [1.807, 2.05) is 7.05 Å². The molecule has 3 aromatic heterocycles. The molecule has 0 radical (unpaired) electrons. The van der Waals surface area contributed by atoms with E-state index in [0.29, 0.717) is 21.6 Å².